The van der Waals surface area contributed by atoms with Gasteiger partial charge in [-0.3, -0.25) is 0 Å². The Morgan fingerprint density at radius 2 is 1.75 bits per heavy atom. The van der Waals surface area contributed by atoms with Crippen molar-refractivity contribution in [2.45, 2.75) is 0 Å². The number of aromatic carboxylic acids is 1. The molecule has 0 unspecified atom stereocenters. The SMILES string of the molecule is COc1cc(OC)c(OC)c(C(=O)O)c1N. The number of rotatable bonds is 4. The molecule has 1 aromatic carbocycles. The minimum Gasteiger partial charge on any atom is -0.494 e. The fourth-order valence-electron chi connectivity index (χ4n) is 1.37. The van der Waals surface area contributed by atoms with Gasteiger partial charge in [-0.1, -0.05) is 0 Å². The van der Waals surface area contributed by atoms with Gasteiger partial charge in [0.05, 0.1) is 27.0 Å². The Morgan fingerprint density at radius 3 is 2.12 bits per heavy atom. The van der Waals surface area contributed by atoms with E-state index in [1.54, 1.807) is 0 Å². The summed E-state index contributed by atoms with van der Waals surface area (Å²) in [5, 5.41) is 9.05. The van der Waals surface area contributed by atoms with Crippen LogP contribution in [0.2, 0.25) is 0 Å². The van der Waals surface area contributed by atoms with Crippen molar-refractivity contribution in [1.82, 2.24) is 0 Å². The minimum atomic E-state index is -1.20. The van der Waals surface area contributed by atoms with Crippen molar-refractivity contribution in [2.75, 3.05) is 27.1 Å². The van der Waals surface area contributed by atoms with E-state index < -0.39 is 5.97 Å². The number of carbonyl (C=O) groups is 1. The molecular weight excluding hydrogens is 214 g/mol. The molecule has 16 heavy (non-hydrogen) atoms. The molecule has 6 nitrogen and oxygen atoms in total. The molecule has 88 valence electrons. The molecule has 0 aliphatic carbocycles. The van der Waals surface area contributed by atoms with Crippen LogP contribution < -0.4 is 19.9 Å². The summed E-state index contributed by atoms with van der Waals surface area (Å²) in [6, 6.07) is 1.47. The van der Waals surface area contributed by atoms with Crippen LogP contribution in [0.3, 0.4) is 0 Å². The summed E-state index contributed by atoms with van der Waals surface area (Å²) < 4.78 is 14.9. The number of hydrogen-bond donors (Lipinski definition) is 2. The van der Waals surface area contributed by atoms with E-state index in [1.165, 1.54) is 27.4 Å². The molecule has 0 saturated carbocycles. The quantitative estimate of drug-likeness (QED) is 0.745. The second-order valence-corrected chi connectivity index (χ2v) is 2.91. The van der Waals surface area contributed by atoms with Crippen LogP contribution >= 0.6 is 0 Å². The van der Waals surface area contributed by atoms with Crippen molar-refractivity contribution in [3.8, 4) is 17.2 Å². The summed E-state index contributed by atoms with van der Waals surface area (Å²) >= 11 is 0. The summed E-state index contributed by atoms with van der Waals surface area (Å²) in [6.45, 7) is 0. The molecule has 0 bridgehead atoms. The predicted molar refractivity (Wildman–Crippen MR) is 57.5 cm³/mol. The topological polar surface area (TPSA) is 91.0 Å². The first-order chi connectivity index (χ1) is 7.56. The van der Waals surface area contributed by atoms with Crippen LogP contribution in [0.4, 0.5) is 5.69 Å². The van der Waals surface area contributed by atoms with Gasteiger partial charge in [0.25, 0.3) is 0 Å². The van der Waals surface area contributed by atoms with Gasteiger partial charge in [-0.25, -0.2) is 4.79 Å². The number of methoxy groups -OCH3 is 3. The molecule has 0 radical (unpaired) electrons. The van der Waals surface area contributed by atoms with Crippen LogP contribution in [0, 0.1) is 0 Å². The number of benzene rings is 1. The zero-order valence-corrected chi connectivity index (χ0v) is 9.23. The molecule has 0 aliphatic heterocycles. The lowest BCUT2D eigenvalue weighted by Gasteiger charge is -2.15. The predicted octanol–water partition coefficient (Wildman–Crippen LogP) is 0.993. The molecular formula is C10H13NO5. The average Bonchev–Trinajstić information content (AvgIpc) is 2.27. The highest BCUT2D eigenvalue weighted by molar-refractivity contribution is 5.99. The van der Waals surface area contributed by atoms with Crippen LogP contribution in [0.15, 0.2) is 6.07 Å². The third kappa shape index (κ3) is 1.81. The molecule has 0 fully saturated rings. The Bertz CT molecular complexity index is 416. The van der Waals surface area contributed by atoms with Crippen molar-refractivity contribution in [3.05, 3.63) is 11.6 Å². The Labute approximate surface area is 92.5 Å². The standard InChI is InChI=1S/C10H13NO5/c1-14-5-4-6(15-2)9(16-3)7(8(5)11)10(12)13/h4H,11H2,1-3H3,(H,12,13). The van der Waals surface area contributed by atoms with Gasteiger partial charge in [0, 0.05) is 6.07 Å². The average molecular weight is 227 g/mol. The highest BCUT2D eigenvalue weighted by atomic mass is 16.5. The zero-order valence-electron chi connectivity index (χ0n) is 9.23. The molecule has 6 heteroatoms. The Morgan fingerprint density at radius 1 is 1.19 bits per heavy atom. The van der Waals surface area contributed by atoms with E-state index >= 15 is 0 Å². The fourth-order valence-corrected chi connectivity index (χ4v) is 1.37. The van der Waals surface area contributed by atoms with Gasteiger partial charge in [0.2, 0.25) is 0 Å². The monoisotopic (exact) mass is 227 g/mol. The molecule has 3 N–H and O–H groups in total. The molecule has 1 aromatic rings. The number of hydrogen-bond acceptors (Lipinski definition) is 5. The van der Waals surface area contributed by atoms with Crippen molar-refractivity contribution >= 4 is 11.7 Å². The lowest BCUT2D eigenvalue weighted by atomic mass is 10.1. The van der Waals surface area contributed by atoms with Crippen LogP contribution in [-0.2, 0) is 0 Å². The van der Waals surface area contributed by atoms with Crippen LogP contribution in [-0.4, -0.2) is 32.4 Å². The van der Waals surface area contributed by atoms with Gasteiger partial charge >= 0.3 is 5.97 Å². The first-order valence-corrected chi connectivity index (χ1v) is 4.38. The van der Waals surface area contributed by atoms with Gasteiger partial charge in [-0.05, 0) is 0 Å². The smallest absolute Gasteiger partial charge is 0.341 e. The summed E-state index contributed by atoms with van der Waals surface area (Å²) in [5.41, 5.74) is 5.49. The second kappa shape index (κ2) is 4.61. The zero-order chi connectivity index (χ0) is 12.3. The van der Waals surface area contributed by atoms with Gasteiger partial charge in [0.15, 0.2) is 11.5 Å². The maximum Gasteiger partial charge on any atom is 0.341 e. The molecule has 0 aromatic heterocycles. The Kier molecular flexibility index (Phi) is 3.44. The molecule has 0 spiro atoms. The van der Waals surface area contributed by atoms with Gasteiger partial charge in [0.1, 0.15) is 11.3 Å². The first-order valence-electron chi connectivity index (χ1n) is 4.38. The van der Waals surface area contributed by atoms with E-state index in [0.717, 1.165) is 0 Å². The van der Waals surface area contributed by atoms with Crippen molar-refractivity contribution in [2.24, 2.45) is 0 Å². The van der Waals surface area contributed by atoms with E-state index in [9.17, 15) is 4.79 Å². The van der Waals surface area contributed by atoms with Crippen LogP contribution in [0.1, 0.15) is 10.4 Å². The maximum absolute atomic E-state index is 11.1. The highest BCUT2D eigenvalue weighted by Gasteiger charge is 2.23. The molecule has 0 aliphatic rings. The number of carboxylic acid groups (broad SMARTS) is 1. The first kappa shape index (κ1) is 12.0. The fraction of sp³-hybridized carbons (Fsp3) is 0.300. The van der Waals surface area contributed by atoms with Gasteiger partial charge in [-0.2, -0.15) is 0 Å². The largest absolute Gasteiger partial charge is 0.494 e. The van der Waals surface area contributed by atoms with E-state index in [2.05, 4.69) is 0 Å². The Balaban J connectivity index is 3.57. The number of nitrogen functional groups attached to an aromatic ring is 1. The number of anilines is 1. The normalized spacial score (nSPS) is 9.69. The number of ether oxygens (including phenoxy) is 3. The van der Waals surface area contributed by atoms with Crippen LogP contribution in [0.25, 0.3) is 0 Å². The summed E-state index contributed by atoms with van der Waals surface area (Å²) in [6.07, 6.45) is 0. The molecule has 0 heterocycles. The number of nitrogens with two attached hydrogens (primary N) is 1. The molecule has 1 rings (SSSR count). The summed E-state index contributed by atoms with van der Waals surface area (Å²) in [5.74, 6) is -0.638. The second-order valence-electron chi connectivity index (χ2n) is 2.91. The van der Waals surface area contributed by atoms with E-state index in [0.29, 0.717) is 0 Å². The van der Waals surface area contributed by atoms with Crippen molar-refractivity contribution in [3.63, 3.8) is 0 Å². The summed E-state index contributed by atoms with van der Waals surface area (Å²) in [4.78, 5) is 11.1. The maximum atomic E-state index is 11.1. The van der Waals surface area contributed by atoms with Crippen molar-refractivity contribution < 1.29 is 24.1 Å². The van der Waals surface area contributed by atoms with Crippen molar-refractivity contribution in [1.29, 1.82) is 0 Å². The lowest BCUT2D eigenvalue weighted by molar-refractivity contribution is 0.0693. The lowest BCUT2D eigenvalue weighted by Crippen LogP contribution is -2.08. The Hall–Kier alpha value is -2.11. The third-order valence-electron chi connectivity index (χ3n) is 2.11. The van der Waals surface area contributed by atoms with Gasteiger partial charge in [-0.15, -0.1) is 0 Å². The summed E-state index contributed by atoms with van der Waals surface area (Å²) in [7, 11) is 4.14. The van der Waals surface area contributed by atoms with E-state index in [-0.39, 0.29) is 28.5 Å². The van der Waals surface area contributed by atoms with Crippen LogP contribution in [0.5, 0.6) is 17.2 Å². The van der Waals surface area contributed by atoms with E-state index in [1.807, 2.05) is 0 Å². The number of carboxylic acids is 1. The molecule has 0 atom stereocenters. The minimum absolute atomic E-state index is 0.00708. The van der Waals surface area contributed by atoms with Gasteiger partial charge < -0.3 is 25.1 Å². The highest BCUT2D eigenvalue weighted by Crippen LogP contribution is 2.41. The molecule has 0 amide bonds. The van der Waals surface area contributed by atoms with E-state index in [4.69, 9.17) is 25.1 Å². The molecule has 0 saturated heterocycles. The third-order valence-corrected chi connectivity index (χ3v) is 2.11.